The Labute approximate surface area is 121 Å². The average molecular weight is 281 g/mol. The van der Waals surface area contributed by atoms with E-state index in [4.69, 9.17) is 0 Å². The van der Waals surface area contributed by atoms with Crippen molar-refractivity contribution in [1.29, 1.82) is 0 Å². The molecular formula is C16H27NO3. The van der Waals surface area contributed by atoms with Gasteiger partial charge in [-0.3, -0.25) is 9.59 Å². The van der Waals surface area contributed by atoms with Gasteiger partial charge in [0, 0.05) is 19.0 Å². The molecule has 1 saturated heterocycles. The van der Waals surface area contributed by atoms with Gasteiger partial charge in [0.15, 0.2) is 0 Å². The lowest BCUT2D eigenvalue weighted by atomic mass is 9.77. The second-order valence-corrected chi connectivity index (χ2v) is 6.49. The highest BCUT2D eigenvalue weighted by molar-refractivity contribution is 5.81. The van der Waals surface area contributed by atoms with Crippen molar-refractivity contribution in [2.75, 3.05) is 13.1 Å². The van der Waals surface area contributed by atoms with E-state index in [2.05, 4.69) is 0 Å². The summed E-state index contributed by atoms with van der Waals surface area (Å²) >= 11 is 0. The Bertz CT molecular complexity index is 361. The molecule has 2 rings (SSSR count). The van der Waals surface area contributed by atoms with Crippen LogP contribution in [0.1, 0.15) is 64.7 Å². The third-order valence-electron chi connectivity index (χ3n) is 5.22. The Hall–Kier alpha value is -1.06. The van der Waals surface area contributed by atoms with E-state index in [1.807, 2.05) is 11.8 Å². The molecule has 2 fully saturated rings. The molecule has 1 heterocycles. The molecule has 1 aliphatic heterocycles. The van der Waals surface area contributed by atoms with E-state index in [0.717, 1.165) is 38.6 Å². The summed E-state index contributed by atoms with van der Waals surface area (Å²) in [4.78, 5) is 26.1. The lowest BCUT2D eigenvalue weighted by molar-refractivity contribution is -0.156. The largest absolute Gasteiger partial charge is 0.481 e. The molecule has 4 nitrogen and oxygen atoms in total. The van der Waals surface area contributed by atoms with Gasteiger partial charge in [-0.25, -0.2) is 0 Å². The van der Waals surface area contributed by atoms with Crippen molar-refractivity contribution in [2.24, 2.45) is 11.3 Å². The number of aliphatic carboxylic acids is 1. The van der Waals surface area contributed by atoms with Gasteiger partial charge in [0.2, 0.25) is 5.91 Å². The molecule has 1 atom stereocenters. The number of rotatable bonds is 3. The number of likely N-dealkylation sites (tertiary alicyclic amines) is 1. The van der Waals surface area contributed by atoms with Crippen molar-refractivity contribution >= 4 is 11.9 Å². The van der Waals surface area contributed by atoms with Gasteiger partial charge in [0.1, 0.15) is 0 Å². The van der Waals surface area contributed by atoms with E-state index < -0.39 is 11.4 Å². The highest BCUT2D eigenvalue weighted by Crippen LogP contribution is 2.35. The van der Waals surface area contributed by atoms with Crippen LogP contribution in [0.25, 0.3) is 0 Å². The summed E-state index contributed by atoms with van der Waals surface area (Å²) in [6.45, 7) is 3.08. The Balaban J connectivity index is 2.04. The quantitative estimate of drug-likeness (QED) is 0.809. The molecule has 0 aromatic heterocycles. The summed E-state index contributed by atoms with van der Waals surface area (Å²) in [6.07, 6.45) is 8.85. The van der Waals surface area contributed by atoms with Gasteiger partial charge in [0.05, 0.1) is 5.41 Å². The number of amides is 1. The van der Waals surface area contributed by atoms with Crippen molar-refractivity contribution in [1.82, 2.24) is 4.90 Å². The predicted molar refractivity (Wildman–Crippen MR) is 77.4 cm³/mol. The summed E-state index contributed by atoms with van der Waals surface area (Å²) in [5.41, 5.74) is -0.710. The maximum absolute atomic E-state index is 12.7. The number of nitrogens with zero attached hydrogens (tertiary/aromatic N) is 1. The van der Waals surface area contributed by atoms with Gasteiger partial charge in [0.25, 0.3) is 0 Å². The summed E-state index contributed by atoms with van der Waals surface area (Å²) in [5.74, 6) is -0.386. The van der Waals surface area contributed by atoms with Crippen LogP contribution in [0, 0.1) is 11.3 Å². The predicted octanol–water partition coefficient (Wildman–Crippen LogP) is 3.06. The molecule has 1 aliphatic carbocycles. The second-order valence-electron chi connectivity index (χ2n) is 6.49. The minimum absolute atomic E-state index is 0.138. The molecule has 0 bridgehead atoms. The van der Waals surface area contributed by atoms with Gasteiger partial charge in [-0.15, -0.1) is 0 Å². The normalized spacial score (nSPS) is 28.9. The van der Waals surface area contributed by atoms with Crippen LogP contribution in [0.3, 0.4) is 0 Å². The number of carbonyl (C=O) groups is 2. The van der Waals surface area contributed by atoms with Gasteiger partial charge in [-0.1, -0.05) is 32.6 Å². The van der Waals surface area contributed by atoms with Crippen LogP contribution in [-0.2, 0) is 9.59 Å². The molecule has 2 aliphatic rings. The smallest absolute Gasteiger partial charge is 0.311 e. The first-order valence-electron chi connectivity index (χ1n) is 8.11. The molecule has 0 spiro atoms. The third kappa shape index (κ3) is 3.15. The number of carboxylic acids is 1. The van der Waals surface area contributed by atoms with Crippen LogP contribution in [0.15, 0.2) is 0 Å². The van der Waals surface area contributed by atoms with E-state index in [9.17, 15) is 14.7 Å². The zero-order chi connectivity index (χ0) is 14.6. The number of hydrogen-bond acceptors (Lipinski definition) is 2. The van der Waals surface area contributed by atoms with E-state index in [1.165, 1.54) is 12.8 Å². The zero-order valence-corrected chi connectivity index (χ0v) is 12.6. The highest BCUT2D eigenvalue weighted by atomic mass is 16.4. The summed E-state index contributed by atoms with van der Waals surface area (Å²) in [7, 11) is 0. The first kappa shape index (κ1) is 15.3. The maximum atomic E-state index is 12.7. The minimum Gasteiger partial charge on any atom is -0.481 e. The van der Waals surface area contributed by atoms with Crippen LogP contribution in [0.2, 0.25) is 0 Å². The Morgan fingerprint density at radius 1 is 1.15 bits per heavy atom. The maximum Gasteiger partial charge on any atom is 0.311 e. The molecule has 114 valence electrons. The molecule has 1 amide bonds. The first-order valence-corrected chi connectivity index (χ1v) is 8.11. The lowest BCUT2D eigenvalue weighted by Gasteiger charge is -2.40. The molecular weight excluding hydrogens is 254 g/mol. The number of carboxylic acid groups (broad SMARTS) is 1. The van der Waals surface area contributed by atoms with E-state index in [0.29, 0.717) is 19.4 Å². The summed E-state index contributed by atoms with van der Waals surface area (Å²) < 4.78 is 0. The molecule has 20 heavy (non-hydrogen) atoms. The van der Waals surface area contributed by atoms with Crippen molar-refractivity contribution in [3.05, 3.63) is 0 Å². The molecule has 1 saturated carbocycles. The fraction of sp³-hybridized carbons (Fsp3) is 0.875. The van der Waals surface area contributed by atoms with Gasteiger partial charge >= 0.3 is 5.97 Å². The van der Waals surface area contributed by atoms with E-state index >= 15 is 0 Å². The fourth-order valence-electron chi connectivity index (χ4n) is 3.72. The Morgan fingerprint density at radius 2 is 1.80 bits per heavy atom. The van der Waals surface area contributed by atoms with Gasteiger partial charge in [-0.05, 0) is 32.1 Å². The van der Waals surface area contributed by atoms with Crippen LogP contribution in [0.5, 0.6) is 0 Å². The topological polar surface area (TPSA) is 57.6 Å². The molecule has 0 aromatic carbocycles. The van der Waals surface area contributed by atoms with Crippen LogP contribution >= 0.6 is 0 Å². The number of hydrogen-bond donors (Lipinski definition) is 1. The zero-order valence-electron chi connectivity index (χ0n) is 12.6. The van der Waals surface area contributed by atoms with Gasteiger partial charge < -0.3 is 10.0 Å². The fourth-order valence-corrected chi connectivity index (χ4v) is 3.72. The monoisotopic (exact) mass is 281 g/mol. The van der Waals surface area contributed by atoms with Crippen LogP contribution in [-0.4, -0.2) is 35.0 Å². The summed E-state index contributed by atoms with van der Waals surface area (Å²) in [6, 6.07) is 0. The highest BCUT2D eigenvalue weighted by Gasteiger charge is 2.42. The van der Waals surface area contributed by atoms with Crippen LogP contribution in [0.4, 0.5) is 0 Å². The van der Waals surface area contributed by atoms with E-state index in [1.54, 1.807) is 0 Å². The van der Waals surface area contributed by atoms with Crippen molar-refractivity contribution < 1.29 is 14.7 Å². The summed E-state index contributed by atoms with van der Waals surface area (Å²) in [5, 5.41) is 9.51. The second kappa shape index (κ2) is 6.59. The van der Waals surface area contributed by atoms with E-state index in [-0.39, 0.29) is 11.8 Å². The molecule has 1 N–H and O–H groups in total. The number of carbonyl (C=O) groups excluding carboxylic acids is 1. The Morgan fingerprint density at radius 3 is 2.35 bits per heavy atom. The minimum atomic E-state index is -0.738. The Kier molecular flexibility index (Phi) is 5.06. The molecule has 0 aromatic rings. The van der Waals surface area contributed by atoms with Gasteiger partial charge in [-0.2, -0.15) is 0 Å². The molecule has 1 unspecified atom stereocenters. The average Bonchev–Trinajstić information content (AvgIpc) is 2.75. The standard InChI is InChI=1S/C16H27NO3/c1-2-16(15(19)20)10-7-11-17(12-16)14(18)13-8-5-3-4-6-9-13/h13H,2-12H2,1H3,(H,19,20). The first-order chi connectivity index (χ1) is 9.59. The molecule has 4 heteroatoms. The SMILES string of the molecule is CCC1(C(=O)O)CCCN(C(=O)C2CCCCCC2)C1. The lowest BCUT2D eigenvalue weighted by Crippen LogP contribution is -2.51. The van der Waals surface area contributed by atoms with Crippen molar-refractivity contribution in [3.63, 3.8) is 0 Å². The van der Waals surface area contributed by atoms with Crippen molar-refractivity contribution in [2.45, 2.75) is 64.7 Å². The molecule has 0 radical (unpaired) electrons. The van der Waals surface area contributed by atoms with Crippen molar-refractivity contribution in [3.8, 4) is 0 Å². The third-order valence-corrected chi connectivity index (χ3v) is 5.22. The van der Waals surface area contributed by atoms with Crippen LogP contribution < -0.4 is 0 Å². The number of piperidine rings is 1.